The molecule has 0 radical (unpaired) electrons. The van der Waals surface area contributed by atoms with Crippen molar-refractivity contribution in [3.05, 3.63) is 90.0 Å². The quantitative estimate of drug-likeness (QED) is 0.697. The van der Waals surface area contributed by atoms with Gasteiger partial charge in [0, 0.05) is 6.04 Å². The van der Waals surface area contributed by atoms with Gasteiger partial charge in [0.1, 0.15) is 0 Å². The molecular weight excluding hydrogens is 394 g/mol. The standard InChI is InChI=1S/C21H19NO4S2/c23-27(24,19-9-2-1-3-10-19)20-11-6-12-21(15-20)28(25,26)22-18-13-16-7-4-5-8-17(16)14-18/h1-12,15,18,22H,13-14H2. The summed E-state index contributed by atoms with van der Waals surface area (Å²) in [6.45, 7) is 0. The van der Waals surface area contributed by atoms with Gasteiger partial charge >= 0.3 is 0 Å². The lowest BCUT2D eigenvalue weighted by Crippen LogP contribution is -2.35. The molecule has 0 saturated carbocycles. The third-order valence-corrected chi connectivity index (χ3v) is 8.14. The van der Waals surface area contributed by atoms with E-state index in [0.29, 0.717) is 12.8 Å². The first-order valence-corrected chi connectivity index (χ1v) is 11.8. The number of benzene rings is 3. The molecule has 0 spiro atoms. The Hall–Kier alpha value is -2.48. The Morgan fingerprint density at radius 1 is 0.643 bits per heavy atom. The molecule has 7 heteroatoms. The van der Waals surface area contributed by atoms with E-state index in [4.69, 9.17) is 0 Å². The maximum absolute atomic E-state index is 12.8. The van der Waals surface area contributed by atoms with Gasteiger partial charge in [0.05, 0.1) is 14.7 Å². The average molecular weight is 414 g/mol. The molecule has 3 aromatic carbocycles. The second kappa shape index (κ2) is 7.16. The van der Waals surface area contributed by atoms with Crippen LogP contribution < -0.4 is 4.72 Å². The Morgan fingerprint density at radius 2 is 1.18 bits per heavy atom. The van der Waals surface area contributed by atoms with Crippen LogP contribution in [0.15, 0.2) is 93.5 Å². The molecule has 28 heavy (non-hydrogen) atoms. The predicted octanol–water partition coefficient (Wildman–Crippen LogP) is 2.97. The molecule has 0 atom stereocenters. The Kier molecular flexibility index (Phi) is 4.82. The van der Waals surface area contributed by atoms with Gasteiger partial charge in [-0.05, 0) is 54.3 Å². The molecule has 3 aromatic rings. The third kappa shape index (κ3) is 3.61. The highest BCUT2D eigenvalue weighted by Gasteiger charge is 2.27. The Balaban J connectivity index is 1.61. The summed E-state index contributed by atoms with van der Waals surface area (Å²) in [6, 6.07) is 21.1. The van der Waals surface area contributed by atoms with Crippen LogP contribution in [0.3, 0.4) is 0 Å². The summed E-state index contributed by atoms with van der Waals surface area (Å²) < 4.78 is 54.0. The molecule has 0 fully saturated rings. The van der Waals surface area contributed by atoms with E-state index in [0.717, 1.165) is 11.1 Å². The fourth-order valence-electron chi connectivity index (χ4n) is 3.47. The zero-order valence-electron chi connectivity index (χ0n) is 14.9. The first-order chi connectivity index (χ1) is 13.4. The van der Waals surface area contributed by atoms with Crippen molar-refractivity contribution in [1.29, 1.82) is 0 Å². The van der Waals surface area contributed by atoms with Crippen molar-refractivity contribution in [1.82, 2.24) is 4.72 Å². The van der Waals surface area contributed by atoms with Crippen LogP contribution in [0, 0.1) is 0 Å². The van der Waals surface area contributed by atoms with Crippen molar-refractivity contribution >= 4 is 19.9 Å². The lowest BCUT2D eigenvalue weighted by atomic mass is 10.1. The molecule has 5 nitrogen and oxygen atoms in total. The SMILES string of the molecule is O=S(=O)(NC1Cc2ccccc2C1)c1cccc(S(=O)(=O)c2ccccc2)c1. The summed E-state index contributed by atoms with van der Waals surface area (Å²) in [4.78, 5) is 0.0282. The van der Waals surface area contributed by atoms with Gasteiger partial charge < -0.3 is 0 Å². The van der Waals surface area contributed by atoms with Crippen molar-refractivity contribution in [2.75, 3.05) is 0 Å². The molecule has 0 unspecified atom stereocenters. The van der Waals surface area contributed by atoms with Crippen LogP contribution >= 0.6 is 0 Å². The van der Waals surface area contributed by atoms with Crippen LogP contribution in [-0.4, -0.2) is 22.9 Å². The molecule has 0 heterocycles. The fraction of sp³-hybridized carbons (Fsp3) is 0.143. The number of nitrogens with one attached hydrogen (secondary N) is 1. The van der Waals surface area contributed by atoms with Crippen molar-refractivity contribution in [3.8, 4) is 0 Å². The minimum atomic E-state index is -3.84. The van der Waals surface area contributed by atoms with E-state index in [2.05, 4.69) is 4.72 Å². The summed E-state index contributed by atoms with van der Waals surface area (Å²) in [6.07, 6.45) is 1.24. The van der Waals surface area contributed by atoms with Crippen LogP contribution in [0.1, 0.15) is 11.1 Å². The topological polar surface area (TPSA) is 80.3 Å². The smallest absolute Gasteiger partial charge is 0.219 e. The molecule has 1 aliphatic rings. The summed E-state index contributed by atoms with van der Waals surface area (Å²) in [5.74, 6) is 0. The zero-order chi connectivity index (χ0) is 19.8. The minimum absolute atomic E-state index is 0.0451. The van der Waals surface area contributed by atoms with E-state index < -0.39 is 19.9 Å². The second-order valence-corrected chi connectivity index (χ2v) is 10.5. The van der Waals surface area contributed by atoms with Gasteiger partial charge in [-0.2, -0.15) is 0 Å². The Labute approximate surface area is 165 Å². The fourth-order valence-corrected chi connectivity index (χ4v) is 6.16. The number of rotatable bonds is 5. The van der Waals surface area contributed by atoms with Crippen LogP contribution in [0.25, 0.3) is 0 Å². The van der Waals surface area contributed by atoms with E-state index in [1.807, 2.05) is 24.3 Å². The second-order valence-electron chi connectivity index (χ2n) is 6.79. The third-order valence-electron chi connectivity index (χ3n) is 4.85. The lowest BCUT2D eigenvalue weighted by Gasteiger charge is -2.13. The molecule has 0 amide bonds. The van der Waals surface area contributed by atoms with Gasteiger partial charge in [0.15, 0.2) is 0 Å². The Bertz CT molecular complexity index is 1200. The summed E-state index contributed by atoms with van der Waals surface area (Å²) in [5, 5.41) is 0. The van der Waals surface area contributed by atoms with Crippen LogP contribution in [-0.2, 0) is 32.7 Å². The van der Waals surface area contributed by atoms with Gasteiger partial charge in [-0.15, -0.1) is 0 Å². The highest BCUT2D eigenvalue weighted by molar-refractivity contribution is 7.91. The van der Waals surface area contributed by atoms with Crippen molar-refractivity contribution in [2.24, 2.45) is 0 Å². The normalized spacial score (nSPS) is 14.7. The van der Waals surface area contributed by atoms with Gasteiger partial charge in [0.25, 0.3) is 0 Å². The summed E-state index contributed by atoms with van der Waals surface area (Å²) >= 11 is 0. The highest BCUT2D eigenvalue weighted by atomic mass is 32.2. The Morgan fingerprint density at radius 3 is 1.82 bits per heavy atom. The van der Waals surface area contributed by atoms with E-state index in [9.17, 15) is 16.8 Å². The average Bonchev–Trinajstić information content (AvgIpc) is 3.10. The maximum Gasteiger partial charge on any atom is 0.240 e. The van der Waals surface area contributed by atoms with Crippen molar-refractivity contribution in [2.45, 2.75) is 33.6 Å². The summed E-state index contributed by atoms with van der Waals surface area (Å²) in [7, 11) is -7.63. The van der Waals surface area contributed by atoms with Crippen molar-refractivity contribution in [3.63, 3.8) is 0 Å². The van der Waals surface area contributed by atoms with Crippen LogP contribution in [0.4, 0.5) is 0 Å². The predicted molar refractivity (Wildman–Crippen MR) is 106 cm³/mol. The number of sulfonamides is 1. The van der Waals surface area contributed by atoms with Crippen LogP contribution in [0.5, 0.6) is 0 Å². The van der Waals surface area contributed by atoms with Gasteiger partial charge in [-0.3, -0.25) is 0 Å². The molecule has 1 aliphatic carbocycles. The first kappa shape index (κ1) is 18.9. The first-order valence-electron chi connectivity index (χ1n) is 8.85. The monoisotopic (exact) mass is 413 g/mol. The highest BCUT2D eigenvalue weighted by Crippen LogP contribution is 2.25. The lowest BCUT2D eigenvalue weighted by molar-refractivity contribution is 0.555. The van der Waals surface area contributed by atoms with Gasteiger partial charge in [0.2, 0.25) is 19.9 Å². The molecule has 0 bridgehead atoms. The molecule has 4 rings (SSSR count). The van der Waals surface area contributed by atoms with Crippen molar-refractivity contribution < 1.29 is 16.8 Å². The van der Waals surface area contributed by atoms with Gasteiger partial charge in [-0.1, -0.05) is 48.5 Å². The van der Waals surface area contributed by atoms with E-state index in [1.165, 1.54) is 36.4 Å². The molecule has 144 valence electrons. The molecule has 1 N–H and O–H groups in total. The van der Waals surface area contributed by atoms with E-state index >= 15 is 0 Å². The zero-order valence-corrected chi connectivity index (χ0v) is 16.6. The molecule has 0 saturated heterocycles. The molecule has 0 aliphatic heterocycles. The number of fused-ring (bicyclic) bond motifs is 1. The van der Waals surface area contributed by atoms with E-state index in [-0.39, 0.29) is 20.7 Å². The molecule has 0 aromatic heterocycles. The number of hydrogen-bond donors (Lipinski definition) is 1. The largest absolute Gasteiger partial charge is 0.240 e. The molecular formula is C21H19NO4S2. The van der Waals surface area contributed by atoms with Gasteiger partial charge in [-0.25, -0.2) is 21.6 Å². The number of hydrogen-bond acceptors (Lipinski definition) is 4. The number of sulfone groups is 1. The van der Waals surface area contributed by atoms with Crippen LogP contribution in [0.2, 0.25) is 0 Å². The summed E-state index contributed by atoms with van der Waals surface area (Å²) in [5.41, 5.74) is 2.27. The van der Waals surface area contributed by atoms with E-state index in [1.54, 1.807) is 18.2 Å². The maximum atomic E-state index is 12.8. The minimum Gasteiger partial charge on any atom is -0.219 e.